The van der Waals surface area contributed by atoms with Gasteiger partial charge in [-0.1, -0.05) is 15.9 Å². The second-order valence-electron chi connectivity index (χ2n) is 3.17. The Morgan fingerprint density at radius 3 is 2.28 bits per heavy atom. The number of aromatic hydroxyl groups is 1. The monoisotopic (exact) mass is 316 g/mol. The molecule has 0 heterocycles. The van der Waals surface area contributed by atoms with E-state index in [2.05, 4.69) is 15.9 Å². The molecule has 1 aromatic rings. The molecule has 0 saturated carbocycles. The van der Waals surface area contributed by atoms with Gasteiger partial charge in [-0.05, 0) is 18.2 Å². The van der Waals surface area contributed by atoms with Crippen molar-refractivity contribution in [2.24, 2.45) is 0 Å². The van der Waals surface area contributed by atoms with E-state index in [0.29, 0.717) is 6.07 Å². The lowest BCUT2D eigenvalue weighted by atomic mass is 10.1. The lowest BCUT2D eigenvalue weighted by molar-refractivity contribution is -0.138. The van der Waals surface area contributed by atoms with Crippen molar-refractivity contribution in [3.63, 3.8) is 0 Å². The van der Waals surface area contributed by atoms with Crippen LogP contribution in [-0.4, -0.2) is 5.11 Å². The molecule has 92 valence electrons. The fourth-order valence-corrected chi connectivity index (χ4v) is 1.67. The van der Waals surface area contributed by atoms with Crippen molar-refractivity contribution in [3.05, 3.63) is 33.3 Å². The van der Waals surface area contributed by atoms with Crippen molar-refractivity contribution >= 4 is 22.0 Å². The molecule has 0 fully saturated rings. The Hall–Kier alpha value is -1.99. The van der Waals surface area contributed by atoms with E-state index in [4.69, 9.17) is 10.5 Å². The molecule has 7 heteroatoms. The van der Waals surface area contributed by atoms with Gasteiger partial charge in [0.25, 0.3) is 0 Å². The van der Waals surface area contributed by atoms with Crippen LogP contribution in [0.5, 0.6) is 5.75 Å². The Morgan fingerprint density at radius 1 is 1.28 bits per heavy atom. The minimum absolute atomic E-state index is 0.0779. The molecule has 0 aliphatic carbocycles. The first-order valence-electron chi connectivity index (χ1n) is 4.41. The first-order chi connectivity index (χ1) is 8.29. The van der Waals surface area contributed by atoms with Crippen LogP contribution in [0.25, 0.3) is 6.08 Å². The molecule has 0 aromatic heterocycles. The number of phenolic OH excluding ortho intramolecular Hbond substituents is 1. The standard InChI is InChI=1S/C11H4BrF3N2O/c12-8-2-7(1-6(4-16)5-17)10(18)9(3-8)11(13,14)15/h1-3,18H. The minimum atomic E-state index is -4.73. The highest BCUT2D eigenvalue weighted by molar-refractivity contribution is 9.10. The van der Waals surface area contributed by atoms with Gasteiger partial charge in [-0.2, -0.15) is 23.7 Å². The second kappa shape index (κ2) is 5.11. The average molecular weight is 317 g/mol. The third-order valence-corrected chi connectivity index (χ3v) is 2.41. The summed E-state index contributed by atoms with van der Waals surface area (Å²) in [6, 6.07) is 4.89. The van der Waals surface area contributed by atoms with Gasteiger partial charge in [0.2, 0.25) is 0 Å². The van der Waals surface area contributed by atoms with Crippen LogP contribution < -0.4 is 0 Å². The summed E-state index contributed by atoms with van der Waals surface area (Å²) in [5.41, 5.74) is -1.90. The van der Waals surface area contributed by atoms with Gasteiger partial charge in [0, 0.05) is 10.0 Å². The van der Waals surface area contributed by atoms with E-state index in [9.17, 15) is 18.3 Å². The summed E-state index contributed by atoms with van der Waals surface area (Å²) in [6.45, 7) is 0. The number of hydrogen-bond acceptors (Lipinski definition) is 3. The number of halogens is 4. The zero-order valence-corrected chi connectivity index (χ0v) is 10.2. The normalized spacial score (nSPS) is 10.3. The number of benzene rings is 1. The summed E-state index contributed by atoms with van der Waals surface area (Å²) >= 11 is 2.87. The largest absolute Gasteiger partial charge is 0.507 e. The summed E-state index contributed by atoms with van der Waals surface area (Å²) in [6.07, 6.45) is -3.84. The van der Waals surface area contributed by atoms with E-state index in [-0.39, 0.29) is 10.0 Å². The molecule has 0 bridgehead atoms. The molecule has 0 spiro atoms. The Kier molecular flexibility index (Phi) is 4.00. The third-order valence-electron chi connectivity index (χ3n) is 1.95. The van der Waals surface area contributed by atoms with Crippen molar-refractivity contribution < 1.29 is 18.3 Å². The Bertz CT molecular complexity index is 578. The van der Waals surface area contributed by atoms with Gasteiger partial charge in [0.05, 0.1) is 5.56 Å². The maximum atomic E-state index is 12.6. The number of allylic oxidation sites excluding steroid dienone is 1. The number of alkyl halides is 3. The van der Waals surface area contributed by atoms with Crippen LogP contribution in [0.4, 0.5) is 13.2 Å². The van der Waals surface area contributed by atoms with Crippen LogP contribution in [-0.2, 0) is 6.18 Å². The predicted molar refractivity (Wildman–Crippen MR) is 60.0 cm³/mol. The van der Waals surface area contributed by atoms with Gasteiger partial charge < -0.3 is 5.11 Å². The van der Waals surface area contributed by atoms with E-state index in [1.807, 2.05) is 0 Å². The van der Waals surface area contributed by atoms with Crippen molar-refractivity contribution in [1.29, 1.82) is 10.5 Å². The van der Waals surface area contributed by atoms with E-state index in [0.717, 1.165) is 6.08 Å². The highest BCUT2D eigenvalue weighted by atomic mass is 79.9. The van der Waals surface area contributed by atoms with Gasteiger partial charge in [-0.15, -0.1) is 0 Å². The lowest BCUT2D eigenvalue weighted by Crippen LogP contribution is -2.06. The predicted octanol–water partition coefficient (Wildman–Crippen LogP) is 3.60. The number of phenols is 1. The van der Waals surface area contributed by atoms with Crippen LogP contribution in [0.2, 0.25) is 0 Å². The van der Waals surface area contributed by atoms with Crippen molar-refractivity contribution in [3.8, 4) is 17.9 Å². The smallest absolute Gasteiger partial charge is 0.420 e. The number of rotatable bonds is 1. The first-order valence-corrected chi connectivity index (χ1v) is 5.20. The first kappa shape index (κ1) is 14.1. The summed E-state index contributed by atoms with van der Waals surface area (Å²) < 4.78 is 37.8. The van der Waals surface area contributed by atoms with Crippen molar-refractivity contribution in [2.45, 2.75) is 6.18 Å². The van der Waals surface area contributed by atoms with Crippen LogP contribution in [0, 0.1) is 22.7 Å². The molecule has 0 aliphatic rings. The molecule has 0 radical (unpaired) electrons. The number of nitrogens with zero attached hydrogens (tertiary/aromatic N) is 2. The molecular weight excluding hydrogens is 313 g/mol. The molecule has 0 atom stereocenters. The Morgan fingerprint density at radius 2 is 1.83 bits per heavy atom. The van der Waals surface area contributed by atoms with Gasteiger partial charge in [-0.25, -0.2) is 0 Å². The molecule has 3 nitrogen and oxygen atoms in total. The van der Waals surface area contributed by atoms with Gasteiger partial charge in [-0.3, -0.25) is 0 Å². The van der Waals surface area contributed by atoms with Gasteiger partial charge in [0.1, 0.15) is 23.5 Å². The summed E-state index contributed by atoms with van der Waals surface area (Å²) in [7, 11) is 0. The summed E-state index contributed by atoms with van der Waals surface area (Å²) in [5.74, 6) is -1.02. The van der Waals surface area contributed by atoms with E-state index in [1.165, 1.54) is 18.2 Å². The van der Waals surface area contributed by atoms with Gasteiger partial charge in [0.15, 0.2) is 0 Å². The molecule has 1 N–H and O–H groups in total. The molecule has 1 rings (SSSR count). The molecule has 1 aromatic carbocycles. The third kappa shape index (κ3) is 3.02. The van der Waals surface area contributed by atoms with E-state index >= 15 is 0 Å². The minimum Gasteiger partial charge on any atom is -0.507 e. The molecule has 0 amide bonds. The van der Waals surface area contributed by atoms with Crippen LogP contribution in [0.1, 0.15) is 11.1 Å². The maximum absolute atomic E-state index is 12.6. The van der Waals surface area contributed by atoms with Crippen LogP contribution in [0.15, 0.2) is 22.2 Å². The van der Waals surface area contributed by atoms with Crippen molar-refractivity contribution in [2.75, 3.05) is 0 Å². The second-order valence-corrected chi connectivity index (χ2v) is 4.09. The maximum Gasteiger partial charge on any atom is 0.420 e. The van der Waals surface area contributed by atoms with Crippen LogP contribution in [0.3, 0.4) is 0 Å². The van der Waals surface area contributed by atoms with E-state index < -0.39 is 23.1 Å². The van der Waals surface area contributed by atoms with E-state index in [1.54, 1.807) is 0 Å². The summed E-state index contributed by atoms with van der Waals surface area (Å²) in [5, 5.41) is 26.5. The fourth-order valence-electron chi connectivity index (χ4n) is 1.19. The topological polar surface area (TPSA) is 67.8 Å². The molecular formula is C11H4BrF3N2O. The Labute approximate surface area is 109 Å². The quantitative estimate of drug-likeness (QED) is 0.805. The van der Waals surface area contributed by atoms with Crippen molar-refractivity contribution in [1.82, 2.24) is 0 Å². The molecule has 0 unspecified atom stereocenters. The van der Waals surface area contributed by atoms with Gasteiger partial charge >= 0.3 is 6.18 Å². The SMILES string of the molecule is N#CC(C#N)=Cc1cc(Br)cc(C(F)(F)F)c1O. The zero-order chi connectivity index (χ0) is 13.9. The molecule has 0 saturated heterocycles. The number of hydrogen-bond donors (Lipinski definition) is 1. The lowest BCUT2D eigenvalue weighted by Gasteiger charge is -2.11. The zero-order valence-electron chi connectivity index (χ0n) is 8.59. The highest BCUT2D eigenvalue weighted by Gasteiger charge is 2.35. The molecule has 0 aliphatic heterocycles. The molecule has 18 heavy (non-hydrogen) atoms. The highest BCUT2D eigenvalue weighted by Crippen LogP contribution is 2.40. The number of nitriles is 2. The fraction of sp³-hybridized carbons (Fsp3) is 0.0909. The summed E-state index contributed by atoms with van der Waals surface area (Å²) in [4.78, 5) is 0. The Balaban J connectivity index is 3.51. The van der Waals surface area contributed by atoms with Crippen LogP contribution >= 0.6 is 15.9 Å². The average Bonchev–Trinajstić information content (AvgIpc) is 2.28.